The van der Waals surface area contributed by atoms with Crippen LogP contribution in [0.2, 0.25) is 0 Å². The first kappa shape index (κ1) is 15.3. The summed E-state index contributed by atoms with van der Waals surface area (Å²) in [6.07, 6.45) is -3.87. The van der Waals surface area contributed by atoms with Crippen LogP contribution in [0.15, 0.2) is 0 Å². The number of nitrogens with zero attached hydrogens (tertiary/aromatic N) is 1. The van der Waals surface area contributed by atoms with E-state index in [1.165, 1.54) is 4.90 Å². The lowest BCUT2D eigenvalue weighted by Crippen LogP contribution is -2.55. The summed E-state index contributed by atoms with van der Waals surface area (Å²) in [6.45, 7) is 3.70. The van der Waals surface area contributed by atoms with Gasteiger partial charge >= 0.3 is 6.18 Å². The Morgan fingerprint density at radius 2 is 1.89 bits per heavy atom. The van der Waals surface area contributed by atoms with Crippen molar-refractivity contribution in [3.8, 4) is 0 Å². The minimum absolute atomic E-state index is 0.0249. The van der Waals surface area contributed by atoms with Crippen LogP contribution >= 0.6 is 0 Å². The van der Waals surface area contributed by atoms with E-state index in [4.69, 9.17) is 0 Å². The van der Waals surface area contributed by atoms with E-state index in [1.807, 2.05) is 6.92 Å². The van der Waals surface area contributed by atoms with Gasteiger partial charge in [0.2, 0.25) is 5.91 Å². The second kappa shape index (κ2) is 5.47. The van der Waals surface area contributed by atoms with Crippen molar-refractivity contribution in [3.63, 3.8) is 0 Å². The molecule has 1 N–H and O–H groups in total. The number of hydrogen-bond donors (Lipinski definition) is 1. The first-order valence-corrected chi connectivity index (χ1v) is 6.29. The number of halogens is 3. The molecule has 0 radical (unpaired) electrons. The average molecular weight is 267 g/mol. The number of alkyl halides is 3. The molecular weight excluding hydrogens is 247 g/mol. The van der Waals surface area contributed by atoms with Crippen molar-refractivity contribution in [1.29, 1.82) is 0 Å². The van der Waals surface area contributed by atoms with Crippen LogP contribution in [-0.2, 0) is 4.79 Å². The molecule has 1 fully saturated rings. The van der Waals surface area contributed by atoms with E-state index in [9.17, 15) is 23.1 Å². The number of amides is 1. The van der Waals surface area contributed by atoms with Crippen LogP contribution in [0.4, 0.5) is 13.2 Å². The summed E-state index contributed by atoms with van der Waals surface area (Å²) in [5.74, 6) is -0.270. The zero-order chi connectivity index (χ0) is 14.0. The molecule has 1 saturated heterocycles. The summed E-state index contributed by atoms with van der Waals surface area (Å²) in [5.41, 5.74) is -2.63. The predicted octanol–water partition coefficient (Wildman–Crippen LogP) is 2.34. The molecule has 18 heavy (non-hydrogen) atoms. The smallest absolute Gasteiger partial charge is 0.380 e. The predicted molar refractivity (Wildman–Crippen MR) is 60.9 cm³/mol. The van der Waals surface area contributed by atoms with Crippen LogP contribution in [0.25, 0.3) is 0 Å². The molecule has 1 heterocycles. The summed E-state index contributed by atoms with van der Waals surface area (Å²) in [4.78, 5) is 13.3. The first-order valence-electron chi connectivity index (χ1n) is 6.29. The monoisotopic (exact) mass is 267 g/mol. The maximum absolute atomic E-state index is 12.6. The summed E-state index contributed by atoms with van der Waals surface area (Å²) in [5, 5.41) is 9.49. The van der Waals surface area contributed by atoms with Crippen LogP contribution in [0.1, 0.15) is 39.5 Å². The Bertz CT molecular complexity index is 296. The largest absolute Gasteiger partial charge is 0.417 e. The second-order valence-electron chi connectivity index (χ2n) is 5.04. The van der Waals surface area contributed by atoms with E-state index in [2.05, 4.69) is 0 Å². The molecule has 0 unspecified atom stereocenters. The third-order valence-corrected chi connectivity index (χ3v) is 3.57. The van der Waals surface area contributed by atoms with Gasteiger partial charge < -0.3 is 10.0 Å². The summed E-state index contributed by atoms with van der Waals surface area (Å²) in [6, 6.07) is 0. The van der Waals surface area contributed by atoms with Gasteiger partial charge in [0.25, 0.3) is 0 Å². The van der Waals surface area contributed by atoms with E-state index in [0.29, 0.717) is 0 Å². The van der Waals surface area contributed by atoms with Crippen LogP contribution in [-0.4, -0.2) is 40.8 Å². The fraction of sp³-hybridized carbons (Fsp3) is 0.917. The van der Waals surface area contributed by atoms with E-state index in [-0.39, 0.29) is 24.9 Å². The van der Waals surface area contributed by atoms with Gasteiger partial charge in [-0.15, -0.1) is 0 Å². The van der Waals surface area contributed by atoms with Crippen LogP contribution in [0.3, 0.4) is 0 Å². The lowest BCUT2D eigenvalue weighted by molar-refractivity contribution is -0.272. The Balaban J connectivity index is 2.56. The number of hydrogen-bond acceptors (Lipinski definition) is 2. The van der Waals surface area contributed by atoms with Gasteiger partial charge in [-0.3, -0.25) is 4.79 Å². The summed E-state index contributed by atoms with van der Waals surface area (Å²) >= 11 is 0. The molecule has 0 saturated carbocycles. The topological polar surface area (TPSA) is 40.5 Å². The lowest BCUT2D eigenvalue weighted by Gasteiger charge is -2.39. The van der Waals surface area contributed by atoms with Crippen LogP contribution in [0, 0.1) is 5.92 Å². The molecule has 6 heteroatoms. The van der Waals surface area contributed by atoms with Crippen molar-refractivity contribution in [1.82, 2.24) is 4.90 Å². The fourth-order valence-corrected chi connectivity index (χ4v) is 2.25. The van der Waals surface area contributed by atoms with Gasteiger partial charge in [-0.1, -0.05) is 20.3 Å². The van der Waals surface area contributed by atoms with Crippen LogP contribution in [0.5, 0.6) is 0 Å². The Morgan fingerprint density at radius 1 is 1.39 bits per heavy atom. The minimum atomic E-state index is -4.61. The molecule has 0 aliphatic carbocycles. The Labute approximate surface area is 105 Å². The Morgan fingerprint density at radius 3 is 2.28 bits per heavy atom. The molecule has 1 aliphatic heterocycles. The van der Waals surface area contributed by atoms with Crippen LogP contribution < -0.4 is 0 Å². The standard InChI is InChI=1S/C12H20F3NO2/c1-3-4-9(2)10(17)16-7-5-11(18,6-8-16)12(13,14)15/h9,18H,3-8H2,1-2H3/t9-/m1/s1. The molecule has 1 aliphatic rings. The number of piperidine rings is 1. The molecule has 1 amide bonds. The molecule has 1 atom stereocenters. The second-order valence-corrected chi connectivity index (χ2v) is 5.04. The van der Waals surface area contributed by atoms with E-state index in [0.717, 1.165) is 12.8 Å². The maximum Gasteiger partial charge on any atom is 0.417 e. The number of carbonyl (C=O) groups excluding carboxylic acids is 1. The normalized spacial score (nSPS) is 21.8. The lowest BCUT2D eigenvalue weighted by atomic mass is 9.90. The quantitative estimate of drug-likeness (QED) is 0.852. The summed E-state index contributed by atoms with van der Waals surface area (Å²) in [7, 11) is 0. The number of aliphatic hydroxyl groups is 1. The van der Waals surface area contributed by atoms with Gasteiger partial charge in [-0.05, 0) is 6.42 Å². The van der Waals surface area contributed by atoms with Gasteiger partial charge in [0.1, 0.15) is 0 Å². The van der Waals surface area contributed by atoms with Crippen molar-refractivity contribution < 1.29 is 23.1 Å². The Kier molecular flexibility index (Phi) is 4.64. The van der Waals surface area contributed by atoms with E-state index >= 15 is 0 Å². The van der Waals surface area contributed by atoms with Crippen molar-refractivity contribution in [2.45, 2.75) is 51.3 Å². The van der Waals surface area contributed by atoms with Gasteiger partial charge in [0.15, 0.2) is 5.60 Å². The Hall–Kier alpha value is -0.780. The van der Waals surface area contributed by atoms with Gasteiger partial charge in [0.05, 0.1) is 0 Å². The molecule has 0 bridgehead atoms. The molecule has 106 valence electrons. The van der Waals surface area contributed by atoms with Crippen molar-refractivity contribution in [2.24, 2.45) is 5.92 Å². The molecule has 0 aromatic carbocycles. The molecular formula is C12H20F3NO2. The van der Waals surface area contributed by atoms with Gasteiger partial charge in [-0.2, -0.15) is 13.2 Å². The van der Waals surface area contributed by atoms with E-state index < -0.39 is 24.6 Å². The summed E-state index contributed by atoms with van der Waals surface area (Å²) < 4.78 is 37.7. The van der Waals surface area contributed by atoms with Gasteiger partial charge in [-0.25, -0.2) is 0 Å². The van der Waals surface area contributed by atoms with Crippen molar-refractivity contribution in [3.05, 3.63) is 0 Å². The zero-order valence-electron chi connectivity index (χ0n) is 10.8. The molecule has 0 spiro atoms. The maximum atomic E-state index is 12.6. The SMILES string of the molecule is CCC[C@@H](C)C(=O)N1CCC(O)(C(F)(F)F)CC1. The highest BCUT2D eigenvalue weighted by molar-refractivity contribution is 5.78. The van der Waals surface area contributed by atoms with Gasteiger partial charge in [0, 0.05) is 31.8 Å². The number of likely N-dealkylation sites (tertiary alicyclic amines) is 1. The average Bonchev–Trinajstić information content (AvgIpc) is 2.28. The molecule has 0 aromatic rings. The molecule has 0 aromatic heterocycles. The highest BCUT2D eigenvalue weighted by Crippen LogP contribution is 2.38. The van der Waals surface area contributed by atoms with Crippen molar-refractivity contribution in [2.75, 3.05) is 13.1 Å². The number of rotatable bonds is 3. The third kappa shape index (κ3) is 3.16. The zero-order valence-corrected chi connectivity index (χ0v) is 10.8. The minimum Gasteiger partial charge on any atom is -0.380 e. The molecule has 1 rings (SSSR count). The highest BCUT2D eigenvalue weighted by Gasteiger charge is 2.54. The third-order valence-electron chi connectivity index (χ3n) is 3.57. The molecule has 3 nitrogen and oxygen atoms in total. The number of carbonyl (C=O) groups is 1. The highest BCUT2D eigenvalue weighted by atomic mass is 19.4. The van der Waals surface area contributed by atoms with E-state index in [1.54, 1.807) is 6.92 Å². The first-order chi connectivity index (χ1) is 8.21. The fourth-order valence-electron chi connectivity index (χ4n) is 2.25. The van der Waals surface area contributed by atoms with Crippen molar-refractivity contribution >= 4 is 5.91 Å².